The predicted molar refractivity (Wildman–Crippen MR) is 178 cm³/mol. The molecule has 2 nitrogen and oxygen atoms in total. The van der Waals surface area contributed by atoms with Gasteiger partial charge in [-0.1, -0.05) is 124 Å². The van der Waals surface area contributed by atoms with E-state index in [4.69, 9.17) is 0 Å². The second-order valence-corrected chi connectivity index (χ2v) is 8.48. The highest BCUT2D eigenvalue weighted by Crippen LogP contribution is 2.36. The normalized spacial score (nSPS) is 10.8. The smallest absolute Gasteiger partial charge is 0.0493 e. The van der Waals surface area contributed by atoms with Crippen molar-refractivity contribution in [1.29, 1.82) is 0 Å². The quantitative estimate of drug-likeness (QED) is 0.227. The summed E-state index contributed by atoms with van der Waals surface area (Å²) in [6, 6.07) is 34.9. The number of hydrogen-bond donors (Lipinski definition) is 0. The summed E-state index contributed by atoms with van der Waals surface area (Å²) < 4.78 is 2.54. The Morgan fingerprint density at radius 1 is 0.632 bits per heavy atom. The van der Waals surface area contributed by atoms with Gasteiger partial charge < -0.3 is 4.57 Å². The van der Waals surface area contributed by atoms with Crippen molar-refractivity contribution in [1.82, 2.24) is 9.55 Å². The number of nitrogens with zero attached hydrogens (tertiary/aromatic N) is 2. The first-order valence-corrected chi connectivity index (χ1v) is 11.6. The van der Waals surface area contributed by atoms with Crippen molar-refractivity contribution in [2.24, 2.45) is 0 Å². The van der Waals surface area contributed by atoms with Gasteiger partial charge in [0.2, 0.25) is 0 Å². The van der Waals surface area contributed by atoms with Gasteiger partial charge in [0.1, 0.15) is 0 Å². The Hall–Kier alpha value is -3.39. The van der Waals surface area contributed by atoms with E-state index in [-0.39, 0.29) is 44.6 Å². The summed E-state index contributed by atoms with van der Waals surface area (Å²) in [5, 5.41) is 2.72. The summed E-state index contributed by atoms with van der Waals surface area (Å²) in [6.45, 7) is 6.64. The molecule has 0 spiro atoms. The van der Waals surface area contributed by atoms with E-state index in [1.54, 1.807) is 6.20 Å². The lowest BCUT2D eigenvalue weighted by Crippen LogP contribution is -2.10. The van der Waals surface area contributed by atoms with E-state index in [0.717, 1.165) is 12.1 Å². The first-order valence-electron chi connectivity index (χ1n) is 11.6. The van der Waals surface area contributed by atoms with Crippen LogP contribution in [0.5, 0.6) is 0 Å². The number of benzene rings is 3. The number of para-hydroxylation sites is 2. The maximum atomic E-state index is 3.98. The lowest BCUT2D eigenvalue weighted by Gasteiger charge is -2.23. The summed E-state index contributed by atoms with van der Waals surface area (Å²) in [5.41, 5.74) is 5.22. The van der Waals surface area contributed by atoms with Crippen molar-refractivity contribution < 1.29 is 0 Å². The molecule has 5 aromatic rings. The molecule has 210 valence electrons. The van der Waals surface area contributed by atoms with Crippen molar-refractivity contribution in [2.45, 2.75) is 90.1 Å². The highest BCUT2D eigenvalue weighted by atomic mass is 15.0. The lowest BCUT2D eigenvalue weighted by atomic mass is 9.90. The van der Waals surface area contributed by atoms with Gasteiger partial charge in [0.15, 0.2) is 0 Å². The van der Waals surface area contributed by atoms with Gasteiger partial charge >= 0.3 is 0 Å². The van der Waals surface area contributed by atoms with Crippen LogP contribution in [0.3, 0.4) is 0 Å². The summed E-state index contributed by atoms with van der Waals surface area (Å²) in [5.74, 6) is 0.594. The zero-order valence-electron chi connectivity index (χ0n) is 19.3. The van der Waals surface area contributed by atoms with Crippen molar-refractivity contribution in [2.75, 3.05) is 0 Å². The fourth-order valence-electron chi connectivity index (χ4n) is 4.66. The van der Waals surface area contributed by atoms with Crippen LogP contribution in [0.25, 0.3) is 21.8 Å². The molecule has 38 heavy (non-hydrogen) atoms. The molecule has 0 aliphatic rings. The molecule has 0 bridgehead atoms. The Bertz CT molecular complexity index is 1200. The van der Waals surface area contributed by atoms with Gasteiger partial charge in [-0.05, 0) is 62.4 Å². The maximum absolute atomic E-state index is 3.98. The second-order valence-electron chi connectivity index (χ2n) is 8.48. The standard InChI is InChI=1S/C24H25N.C6H7N.6CH4/c1-3-19(20-11-5-4-6-12-20)17-18(2)25-23-15-9-7-13-21(23)22-14-8-10-16-24(22)25;1-6-4-2-3-5-7-6;;;;;;/h4-16,18-19H,3,17H2,1-2H3;2-5H,1H3;6*1H4. The number of fused-ring (bicyclic) bond motifs is 3. The molecule has 0 saturated heterocycles. The largest absolute Gasteiger partial charge is 0.338 e. The Balaban J connectivity index is -0.000000833. The molecule has 2 unspecified atom stereocenters. The van der Waals surface area contributed by atoms with Crippen LogP contribution in [0, 0.1) is 6.92 Å². The number of aromatic nitrogens is 2. The average molecular weight is 517 g/mol. The molecule has 0 amide bonds. The topological polar surface area (TPSA) is 17.8 Å². The number of aryl methyl sites for hydroxylation is 1. The van der Waals surface area contributed by atoms with E-state index >= 15 is 0 Å². The third kappa shape index (κ3) is 8.87. The van der Waals surface area contributed by atoms with Crippen LogP contribution in [-0.4, -0.2) is 9.55 Å². The third-order valence-corrected chi connectivity index (χ3v) is 6.26. The van der Waals surface area contributed by atoms with Crippen molar-refractivity contribution in [3.8, 4) is 0 Å². The van der Waals surface area contributed by atoms with E-state index in [2.05, 4.69) is 102 Å². The predicted octanol–water partition coefficient (Wildman–Crippen LogP) is 12.1. The number of rotatable bonds is 5. The van der Waals surface area contributed by atoms with Gasteiger partial charge in [-0.2, -0.15) is 0 Å². The molecule has 0 saturated carbocycles. The summed E-state index contributed by atoms with van der Waals surface area (Å²) in [4.78, 5) is 3.98. The molecule has 2 heterocycles. The van der Waals surface area contributed by atoms with Crippen LogP contribution >= 0.6 is 0 Å². The molecule has 5 rings (SSSR count). The fourth-order valence-corrected chi connectivity index (χ4v) is 4.66. The molecule has 2 heteroatoms. The molecule has 0 radical (unpaired) electrons. The van der Waals surface area contributed by atoms with Gasteiger partial charge in [-0.25, -0.2) is 0 Å². The minimum Gasteiger partial charge on any atom is -0.338 e. The molecule has 0 aliphatic heterocycles. The van der Waals surface area contributed by atoms with Crippen LogP contribution in [0.15, 0.2) is 103 Å². The Labute approximate surface area is 235 Å². The molecule has 2 aromatic heterocycles. The molecule has 0 fully saturated rings. The van der Waals surface area contributed by atoms with E-state index in [9.17, 15) is 0 Å². The van der Waals surface area contributed by atoms with Crippen LogP contribution in [0.2, 0.25) is 0 Å². The zero-order valence-corrected chi connectivity index (χ0v) is 19.3. The molecular weight excluding hydrogens is 460 g/mol. The summed E-state index contributed by atoms with van der Waals surface area (Å²) in [7, 11) is 0. The Kier molecular flexibility index (Phi) is 19.4. The van der Waals surface area contributed by atoms with Crippen LogP contribution in [-0.2, 0) is 0 Å². The Morgan fingerprint density at radius 2 is 1.11 bits per heavy atom. The van der Waals surface area contributed by atoms with E-state index < -0.39 is 0 Å². The van der Waals surface area contributed by atoms with Gasteiger partial charge in [0.25, 0.3) is 0 Å². The molecular formula is C36H56N2. The number of hydrogen-bond acceptors (Lipinski definition) is 1. The van der Waals surface area contributed by atoms with Gasteiger partial charge in [-0.3, -0.25) is 4.98 Å². The zero-order chi connectivity index (χ0) is 22.3. The first kappa shape index (κ1) is 39.1. The minimum absolute atomic E-state index is 0. The van der Waals surface area contributed by atoms with Crippen LogP contribution < -0.4 is 0 Å². The van der Waals surface area contributed by atoms with Crippen LogP contribution in [0.1, 0.15) is 94.5 Å². The van der Waals surface area contributed by atoms with Crippen molar-refractivity contribution >= 4 is 21.8 Å². The maximum Gasteiger partial charge on any atom is 0.0493 e. The minimum atomic E-state index is 0. The SMILES string of the molecule is C.C.C.C.C.C.CCC(CC(C)n1c2ccccc2c2ccccc21)c1ccccc1.Cc1ccccn1. The van der Waals surface area contributed by atoms with Crippen LogP contribution in [0.4, 0.5) is 0 Å². The van der Waals surface area contributed by atoms with Gasteiger partial charge in [-0.15, -0.1) is 0 Å². The summed E-state index contributed by atoms with van der Waals surface area (Å²) >= 11 is 0. The fraction of sp³-hybridized carbons (Fsp3) is 0.361. The highest BCUT2D eigenvalue weighted by molar-refractivity contribution is 6.08. The molecule has 3 aromatic carbocycles. The molecule has 0 aliphatic carbocycles. The highest BCUT2D eigenvalue weighted by Gasteiger charge is 2.19. The molecule has 0 N–H and O–H groups in total. The van der Waals surface area contributed by atoms with Gasteiger partial charge in [0.05, 0.1) is 0 Å². The van der Waals surface area contributed by atoms with E-state index in [0.29, 0.717) is 12.0 Å². The Morgan fingerprint density at radius 3 is 1.53 bits per heavy atom. The second kappa shape index (κ2) is 18.8. The van der Waals surface area contributed by atoms with E-state index in [1.807, 2.05) is 25.1 Å². The van der Waals surface area contributed by atoms with Gasteiger partial charge in [0, 0.05) is 39.7 Å². The number of pyridine rings is 1. The monoisotopic (exact) mass is 516 g/mol. The lowest BCUT2D eigenvalue weighted by molar-refractivity contribution is 0.462. The first-order chi connectivity index (χ1) is 15.7. The van der Waals surface area contributed by atoms with Crippen molar-refractivity contribution in [3.63, 3.8) is 0 Å². The van der Waals surface area contributed by atoms with Crippen molar-refractivity contribution in [3.05, 3.63) is 115 Å². The summed E-state index contributed by atoms with van der Waals surface area (Å²) in [6.07, 6.45) is 4.12. The van der Waals surface area contributed by atoms with E-state index in [1.165, 1.54) is 33.8 Å². The average Bonchev–Trinajstić information content (AvgIpc) is 3.18. The third-order valence-electron chi connectivity index (χ3n) is 6.26. The molecule has 2 atom stereocenters.